The summed E-state index contributed by atoms with van der Waals surface area (Å²) in [7, 11) is 0. The zero-order chi connectivity index (χ0) is 15.9. The molecule has 1 saturated heterocycles. The van der Waals surface area contributed by atoms with Crippen LogP contribution in [0.1, 0.15) is 60.3 Å². The van der Waals surface area contributed by atoms with Gasteiger partial charge in [-0.15, -0.1) is 0 Å². The molecule has 0 aliphatic carbocycles. The molecule has 0 spiro atoms. The van der Waals surface area contributed by atoms with Crippen LogP contribution < -0.4 is 5.32 Å². The number of rotatable bonds is 8. The van der Waals surface area contributed by atoms with Gasteiger partial charge in [-0.2, -0.15) is 0 Å². The minimum absolute atomic E-state index is 0.117. The molecule has 0 aromatic heterocycles. The largest absolute Gasteiger partial charge is 0.465 e. The lowest BCUT2D eigenvalue weighted by molar-refractivity contribution is -0.146. The predicted molar refractivity (Wildman–Crippen MR) is 87.4 cm³/mol. The smallest absolute Gasteiger partial charge is 0.324 e. The van der Waals surface area contributed by atoms with Gasteiger partial charge in [0.25, 0.3) is 0 Å². The van der Waals surface area contributed by atoms with E-state index < -0.39 is 0 Å². The standard InChI is InChI=1S/C17H34N2O2/c1-6-17(7-2)9-11-19(12-10-17)13-15(18-14(4)5)16(20)21-8-3/h14-15,18H,6-13H2,1-5H3. The molecule has 124 valence electrons. The highest BCUT2D eigenvalue weighted by atomic mass is 16.5. The van der Waals surface area contributed by atoms with Gasteiger partial charge >= 0.3 is 5.97 Å². The molecule has 21 heavy (non-hydrogen) atoms. The van der Waals surface area contributed by atoms with Crippen LogP contribution in [0.4, 0.5) is 0 Å². The van der Waals surface area contributed by atoms with E-state index in [0.717, 1.165) is 19.6 Å². The topological polar surface area (TPSA) is 41.6 Å². The van der Waals surface area contributed by atoms with Gasteiger partial charge in [-0.25, -0.2) is 0 Å². The van der Waals surface area contributed by atoms with Crippen molar-refractivity contribution in [2.75, 3.05) is 26.2 Å². The Morgan fingerprint density at radius 3 is 2.19 bits per heavy atom. The summed E-state index contributed by atoms with van der Waals surface area (Å²) in [4.78, 5) is 14.5. The van der Waals surface area contributed by atoms with Gasteiger partial charge in [0.15, 0.2) is 0 Å². The van der Waals surface area contributed by atoms with Crippen LogP contribution in [0.2, 0.25) is 0 Å². The summed E-state index contributed by atoms with van der Waals surface area (Å²) in [6, 6.07) is 0.0790. The van der Waals surface area contributed by atoms with Crippen molar-refractivity contribution in [2.45, 2.75) is 72.4 Å². The number of hydrogen-bond donors (Lipinski definition) is 1. The van der Waals surface area contributed by atoms with Crippen LogP contribution in [0.3, 0.4) is 0 Å². The third-order valence-corrected chi connectivity index (χ3v) is 4.96. The van der Waals surface area contributed by atoms with Crippen molar-refractivity contribution in [3.63, 3.8) is 0 Å². The van der Waals surface area contributed by atoms with E-state index in [1.165, 1.54) is 25.7 Å². The molecule has 4 heteroatoms. The third-order valence-electron chi connectivity index (χ3n) is 4.96. The van der Waals surface area contributed by atoms with Crippen molar-refractivity contribution in [3.8, 4) is 0 Å². The van der Waals surface area contributed by atoms with Crippen molar-refractivity contribution in [1.82, 2.24) is 10.2 Å². The average molecular weight is 298 g/mol. The molecule has 0 radical (unpaired) electrons. The van der Waals surface area contributed by atoms with Gasteiger partial charge in [-0.05, 0) is 38.3 Å². The average Bonchev–Trinajstić information content (AvgIpc) is 2.47. The maximum atomic E-state index is 12.1. The summed E-state index contributed by atoms with van der Waals surface area (Å²) >= 11 is 0. The Bertz CT molecular complexity index is 304. The van der Waals surface area contributed by atoms with E-state index in [1.807, 2.05) is 6.92 Å². The summed E-state index contributed by atoms with van der Waals surface area (Å²) in [6.07, 6.45) is 5.03. The molecule has 0 aromatic carbocycles. The molecule has 0 aromatic rings. The van der Waals surface area contributed by atoms with Gasteiger partial charge in [0.2, 0.25) is 0 Å². The highest BCUT2D eigenvalue weighted by molar-refractivity contribution is 5.76. The molecule has 1 aliphatic rings. The lowest BCUT2D eigenvalue weighted by Gasteiger charge is -2.42. The van der Waals surface area contributed by atoms with Gasteiger partial charge < -0.3 is 15.0 Å². The fraction of sp³-hybridized carbons (Fsp3) is 0.941. The van der Waals surface area contributed by atoms with Gasteiger partial charge in [-0.3, -0.25) is 4.79 Å². The molecule has 1 rings (SSSR count). The molecule has 1 unspecified atom stereocenters. The SMILES string of the molecule is CCOC(=O)C(CN1CCC(CC)(CC)CC1)NC(C)C. The van der Waals surface area contributed by atoms with E-state index in [4.69, 9.17) is 4.74 Å². The van der Waals surface area contributed by atoms with Crippen LogP contribution in [0.15, 0.2) is 0 Å². The summed E-state index contributed by atoms with van der Waals surface area (Å²) < 4.78 is 5.20. The number of likely N-dealkylation sites (tertiary alicyclic amines) is 1. The molecule has 0 bridgehead atoms. The summed E-state index contributed by atoms with van der Waals surface area (Å²) in [6.45, 7) is 14.0. The van der Waals surface area contributed by atoms with Gasteiger partial charge in [-0.1, -0.05) is 40.5 Å². The maximum absolute atomic E-state index is 12.1. The number of nitrogens with zero attached hydrogens (tertiary/aromatic N) is 1. The molecular weight excluding hydrogens is 264 g/mol. The fourth-order valence-electron chi connectivity index (χ4n) is 3.27. The number of hydrogen-bond acceptors (Lipinski definition) is 4. The summed E-state index contributed by atoms with van der Waals surface area (Å²) in [5.74, 6) is -0.117. The number of esters is 1. The zero-order valence-electron chi connectivity index (χ0n) is 14.6. The Kier molecular flexibility index (Phi) is 7.67. The van der Waals surface area contributed by atoms with Crippen LogP contribution in [0.25, 0.3) is 0 Å². The Labute approximate surface area is 130 Å². The van der Waals surface area contributed by atoms with E-state index in [1.54, 1.807) is 0 Å². The van der Waals surface area contributed by atoms with Crippen molar-refractivity contribution in [1.29, 1.82) is 0 Å². The van der Waals surface area contributed by atoms with Crippen LogP contribution >= 0.6 is 0 Å². The minimum atomic E-state index is -0.208. The Balaban J connectivity index is 2.54. The van der Waals surface area contributed by atoms with E-state index in [0.29, 0.717) is 12.0 Å². The van der Waals surface area contributed by atoms with Crippen molar-refractivity contribution < 1.29 is 9.53 Å². The Hall–Kier alpha value is -0.610. The van der Waals surface area contributed by atoms with E-state index >= 15 is 0 Å². The normalized spacial score (nSPS) is 20.5. The van der Waals surface area contributed by atoms with Crippen molar-refractivity contribution in [2.24, 2.45) is 5.41 Å². The van der Waals surface area contributed by atoms with Crippen LogP contribution in [0.5, 0.6) is 0 Å². The first-order chi connectivity index (χ1) is 9.96. The second-order valence-corrected chi connectivity index (χ2v) is 6.63. The second-order valence-electron chi connectivity index (χ2n) is 6.63. The molecule has 1 heterocycles. The van der Waals surface area contributed by atoms with Crippen LogP contribution in [0, 0.1) is 5.41 Å². The predicted octanol–water partition coefficient (Wildman–Crippen LogP) is 2.82. The highest BCUT2D eigenvalue weighted by Crippen LogP contribution is 2.37. The number of piperidine rings is 1. The molecule has 0 saturated carbocycles. The van der Waals surface area contributed by atoms with E-state index in [9.17, 15) is 4.79 Å². The number of carbonyl (C=O) groups excluding carboxylic acids is 1. The molecule has 1 N–H and O–H groups in total. The molecule has 1 aliphatic heterocycles. The number of carbonyl (C=O) groups is 1. The van der Waals surface area contributed by atoms with Gasteiger partial charge in [0, 0.05) is 12.6 Å². The van der Waals surface area contributed by atoms with Crippen molar-refractivity contribution >= 4 is 5.97 Å². The summed E-state index contributed by atoms with van der Waals surface area (Å²) in [5.41, 5.74) is 0.529. The second kappa shape index (κ2) is 8.74. The quantitative estimate of drug-likeness (QED) is 0.700. The summed E-state index contributed by atoms with van der Waals surface area (Å²) in [5, 5.41) is 3.34. The first-order valence-electron chi connectivity index (χ1n) is 8.61. The fourth-order valence-corrected chi connectivity index (χ4v) is 3.27. The molecule has 4 nitrogen and oxygen atoms in total. The first kappa shape index (κ1) is 18.4. The third kappa shape index (κ3) is 5.59. The maximum Gasteiger partial charge on any atom is 0.324 e. The zero-order valence-corrected chi connectivity index (χ0v) is 14.6. The van der Waals surface area contributed by atoms with Gasteiger partial charge in [0.1, 0.15) is 6.04 Å². The van der Waals surface area contributed by atoms with Crippen LogP contribution in [-0.2, 0) is 9.53 Å². The lowest BCUT2D eigenvalue weighted by atomic mass is 9.74. The van der Waals surface area contributed by atoms with E-state index in [2.05, 4.69) is 37.9 Å². The molecule has 0 amide bonds. The Morgan fingerprint density at radius 2 is 1.76 bits per heavy atom. The van der Waals surface area contributed by atoms with Crippen LogP contribution in [-0.4, -0.2) is 49.2 Å². The lowest BCUT2D eigenvalue weighted by Crippen LogP contribution is -2.51. The molecule has 1 fully saturated rings. The Morgan fingerprint density at radius 1 is 1.19 bits per heavy atom. The number of ether oxygens (including phenoxy) is 1. The first-order valence-corrected chi connectivity index (χ1v) is 8.61. The van der Waals surface area contributed by atoms with Crippen molar-refractivity contribution in [3.05, 3.63) is 0 Å². The minimum Gasteiger partial charge on any atom is -0.465 e. The van der Waals surface area contributed by atoms with Gasteiger partial charge in [0.05, 0.1) is 6.61 Å². The molecular formula is C17H34N2O2. The molecule has 1 atom stereocenters. The highest BCUT2D eigenvalue weighted by Gasteiger charge is 2.33. The monoisotopic (exact) mass is 298 g/mol. The van der Waals surface area contributed by atoms with E-state index in [-0.39, 0.29) is 18.1 Å². The number of nitrogens with one attached hydrogen (secondary N) is 1.